The van der Waals surface area contributed by atoms with Gasteiger partial charge in [0.1, 0.15) is 5.82 Å². The van der Waals surface area contributed by atoms with Crippen LogP contribution >= 0.6 is 0 Å². The van der Waals surface area contributed by atoms with Gasteiger partial charge in [-0.1, -0.05) is 6.07 Å². The molecule has 0 bridgehead atoms. The number of halogens is 4. The Balaban J connectivity index is 2.02. The molecule has 0 unspecified atom stereocenters. The number of hydrogen-bond donors (Lipinski definition) is 1. The summed E-state index contributed by atoms with van der Waals surface area (Å²) >= 11 is 0. The normalized spacial score (nSPS) is 11.4. The fourth-order valence-electron chi connectivity index (χ4n) is 3.38. The lowest BCUT2D eigenvalue weighted by Crippen LogP contribution is -2.11. The summed E-state index contributed by atoms with van der Waals surface area (Å²) in [4.78, 5) is 11.8. The van der Waals surface area contributed by atoms with Gasteiger partial charge >= 0.3 is 0 Å². The topological polar surface area (TPSA) is 48.0 Å². The highest BCUT2D eigenvalue weighted by atomic mass is 19.2. The van der Waals surface area contributed by atoms with Crippen LogP contribution in [0.25, 0.3) is 21.8 Å². The first-order valence-corrected chi connectivity index (χ1v) is 8.00. The van der Waals surface area contributed by atoms with Crippen LogP contribution in [0.5, 0.6) is 0 Å². The molecule has 2 N–H and O–H groups in total. The van der Waals surface area contributed by atoms with E-state index in [1.807, 2.05) is 0 Å². The number of rotatable bonds is 3. The number of aromatic nitrogens is 1. The van der Waals surface area contributed by atoms with E-state index in [9.17, 15) is 22.4 Å². The van der Waals surface area contributed by atoms with E-state index < -0.39 is 29.2 Å². The molecule has 0 fully saturated rings. The molecule has 1 aromatic heterocycles. The zero-order chi connectivity index (χ0) is 19.3. The molecule has 0 aliphatic heterocycles. The number of carbonyl (C=O) groups excluding carboxylic acids is 1. The van der Waals surface area contributed by atoms with Gasteiger partial charge in [-0.25, -0.2) is 17.6 Å². The molecule has 0 radical (unpaired) electrons. The molecule has 4 aromatic rings. The van der Waals surface area contributed by atoms with Gasteiger partial charge < -0.3 is 10.3 Å². The van der Waals surface area contributed by atoms with Crippen LogP contribution in [0.2, 0.25) is 0 Å². The Hall–Kier alpha value is -3.35. The van der Waals surface area contributed by atoms with Crippen LogP contribution in [-0.2, 0) is 6.54 Å². The lowest BCUT2D eigenvalue weighted by Gasteiger charge is -2.09. The van der Waals surface area contributed by atoms with Gasteiger partial charge in [-0.15, -0.1) is 0 Å². The number of carbonyl (C=O) groups is 1. The fourth-order valence-corrected chi connectivity index (χ4v) is 3.38. The average molecular weight is 372 g/mol. The summed E-state index contributed by atoms with van der Waals surface area (Å²) in [6.07, 6.45) is 0. The van der Waals surface area contributed by atoms with Gasteiger partial charge in [0.05, 0.1) is 5.52 Å². The maximum atomic E-state index is 13.8. The zero-order valence-electron chi connectivity index (χ0n) is 13.8. The lowest BCUT2D eigenvalue weighted by atomic mass is 10.1. The predicted molar refractivity (Wildman–Crippen MR) is 93.3 cm³/mol. The first kappa shape index (κ1) is 17.1. The van der Waals surface area contributed by atoms with Crippen LogP contribution in [-0.4, -0.2) is 10.5 Å². The third-order valence-corrected chi connectivity index (χ3v) is 4.50. The molecule has 1 amide bonds. The number of nitrogens with two attached hydrogens (primary N) is 1. The molecule has 1 heterocycles. The van der Waals surface area contributed by atoms with E-state index in [0.29, 0.717) is 21.8 Å². The average Bonchev–Trinajstić information content (AvgIpc) is 2.93. The second-order valence-electron chi connectivity index (χ2n) is 6.19. The number of primary amides is 1. The Bertz CT molecular complexity index is 1210. The minimum absolute atomic E-state index is 0.0119. The Morgan fingerprint density at radius 3 is 2.30 bits per heavy atom. The number of benzene rings is 3. The highest BCUT2D eigenvalue weighted by Crippen LogP contribution is 2.33. The summed E-state index contributed by atoms with van der Waals surface area (Å²) in [6.45, 7) is -0.0119. The maximum absolute atomic E-state index is 13.8. The SMILES string of the molecule is NC(=O)c1cccc2c1c1cc(F)ccc1n2Cc1cc(F)c(F)c(F)c1. The van der Waals surface area contributed by atoms with Gasteiger partial charge in [0.25, 0.3) is 0 Å². The highest BCUT2D eigenvalue weighted by Gasteiger charge is 2.18. The molecule has 0 saturated heterocycles. The highest BCUT2D eigenvalue weighted by molar-refractivity contribution is 6.17. The van der Waals surface area contributed by atoms with Crippen molar-refractivity contribution in [1.82, 2.24) is 4.57 Å². The zero-order valence-corrected chi connectivity index (χ0v) is 13.8. The van der Waals surface area contributed by atoms with Crippen LogP contribution < -0.4 is 5.73 Å². The second kappa shape index (κ2) is 6.12. The maximum Gasteiger partial charge on any atom is 0.249 e. The van der Waals surface area contributed by atoms with Gasteiger partial charge in [-0.2, -0.15) is 0 Å². The van der Waals surface area contributed by atoms with Crippen molar-refractivity contribution in [2.75, 3.05) is 0 Å². The summed E-state index contributed by atoms with van der Waals surface area (Å²) in [5.41, 5.74) is 6.92. The van der Waals surface area contributed by atoms with Gasteiger partial charge in [-0.3, -0.25) is 4.79 Å². The standard InChI is InChI=1S/C20H12F4N2O/c21-11-4-5-16-13(8-11)18-12(20(25)27)2-1-3-17(18)26(16)9-10-6-14(22)19(24)15(23)7-10/h1-8H,9H2,(H2,25,27). The van der Waals surface area contributed by atoms with E-state index in [2.05, 4.69) is 0 Å². The monoisotopic (exact) mass is 372 g/mol. The molecule has 136 valence electrons. The van der Waals surface area contributed by atoms with E-state index >= 15 is 0 Å². The number of amides is 1. The Labute approximate surface area is 150 Å². The van der Waals surface area contributed by atoms with Crippen molar-refractivity contribution in [1.29, 1.82) is 0 Å². The quantitative estimate of drug-likeness (QED) is 0.418. The smallest absolute Gasteiger partial charge is 0.249 e. The van der Waals surface area contributed by atoms with Gasteiger partial charge in [0.15, 0.2) is 17.5 Å². The van der Waals surface area contributed by atoms with Crippen molar-refractivity contribution >= 4 is 27.7 Å². The van der Waals surface area contributed by atoms with E-state index in [0.717, 1.165) is 12.1 Å². The Morgan fingerprint density at radius 2 is 1.63 bits per heavy atom. The first-order chi connectivity index (χ1) is 12.9. The van der Waals surface area contributed by atoms with Crippen LogP contribution in [0.3, 0.4) is 0 Å². The molecule has 0 aliphatic carbocycles. The van der Waals surface area contributed by atoms with Crippen molar-refractivity contribution in [3.8, 4) is 0 Å². The first-order valence-electron chi connectivity index (χ1n) is 8.00. The molecule has 27 heavy (non-hydrogen) atoms. The molecular formula is C20H12F4N2O. The Kier molecular flexibility index (Phi) is 3.87. The van der Waals surface area contributed by atoms with Gasteiger partial charge in [0, 0.05) is 28.4 Å². The van der Waals surface area contributed by atoms with Crippen molar-refractivity contribution in [2.24, 2.45) is 5.73 Å². The minimum Gasteiger partial charge on any atom is -0.366 e. The third-order valence-electron chi connectivity index (χ3n) is 4.50. The number of fused-ring (bicyclic) bond motifs is 3. The van der Waals surface area contributed by atoms with E-state index in [-0.39, 0.29) is 17.7 Å². The van der Waals surface area contributed by atoms with Gasteiger partial charge in [0.2, 0.25) is 5.91 Å². The van der Waals surface area contributed by atoms with E-state index in [1.165, 1.54) is 24.3 Å². The summed E-state index contributed by atoms with van der Waals surface area (Å²) < 4.78 is 55.9. The molecule has 0 aliphatic rings. The van der Waals surface area contributed by atoms with Crippen molar-refractivity contribution < 1.29 is 22.4 Å². The second-order valence-corrected chi connectivity index (χ2v) is 6.19. The molecule has 3 aromatic carbocycles. The van der Waals surface area contributed by atoms with Crippen LogP contribution in [0.15, 0.2) is 48.5 Å². The van der Waals surface area contributed by atoms with Gasteiger partial charge in [-0.05, 0) is 48.0 Å². The van der Waals surface area contributed by atoms with E-state index in [4.69, 9.17) is 5.73 Å². The number of hydrogen-bond acceptors (Lipinski definition) is 1. The van der Waals surface area contributed by atoms with Crippen molar-refractivity contribution in [2.45, 2.75) is 6.54 Å². The van der Waals surface area contributed by atoms with Crippen molar-refractivity contribution in [3.63, 3.8) is 0 Å². The summed E-state index contributed by atoms with van der Waals surface area (Å²) in [6, 6.07) is 10.6. The fraction of sp³-hybridized carbons (Fsp3) is 0.0500. The Morgan fingerprint density at radius 1 is 0.926 bits per heavy atom. The summed E-state index contributed by atoms with van der Waals surface area (Å²) in [5, 5.41) is 0.894. The molecule has 7 heteroatoms. The molecule has 3 nitrogen and oxygen atoms in total. The minimum atomic E-state index is -1.54. The molecule has 0 spiro atoms. The lowest BCUT2D eigenvalue weighted by molar-refractivity contribution is 0.100. The molecule has 0 saturated carbocycles. The van der Waals surface area contributed by atoms with Crippen molar-refractivity contribution in [3.05, 3.63) is 82.9 Å². The van der Waals surface area contributed by atoms with Crippen LogP contribution in [0.4, 0.5) is 17.6 Å². The third kappa shape index (κ3) is 2.71. The molecule has 4 rings (SSSR count). The van der Waals surface area contributed by atoms with Crippen LogP contribution in [0, 0.1) is 23.3 Å². The molecular weight excluding hydrogens is 360 g/mol. The summed E-state index contributed by atoms with van der Waals surface area (Å²) in [7, 11) is 0. The van der Waals surface area contributed by atoms with Crippen LogP contribution in [0.1, 0.15) is 15.9 Å². The summed E-state index contributed by atoms with van der Waals surface area (Å²) in [5.74, 6) is -5.31. The largest absolute Gasteiger partial charge is 0.366 e. The number of nitrogens with zero attached hydrogens (tertiary/aromatic N) is 1. The predicted octanol–water partition coefficient (Wildman–Crippen LogP) is 4.50. The van der Waals surface area contributed by atoms with E-state index in [1.54, 1.807) is 16.7 Å². The molecule has 0 atom stereocenters.